The molecule has 0 saturated carbocycles. The summed E-state index contributed by atoms with van der Waals surface area (Å²) in [5.74, 6) is -0.924. The van der Waals surface area contributed by atoms with Crippen LogP contribution in [0.3, 0.4) is 0 Å². The van der Waals surface area contributed by atoms with Crippen LogP contribution in [0.1, 0.15) is 5.69 Å². The molecule has 6 heteroatoms. The summed E-state index contributed by atoms with van der Waals surface area (Å²) in [6, 6.07) is 1.92. The second kappa shape index (κ2) is 2.82. The highest BCUT2D eigenvalue weighted by Gasteiger charge is 2.36. The number of halogens is 4. The molecule has 0 aliphatic rings. The Balaban J connectivity index is 3.23. The quantitative estimate of drug-likeness (QED) is 0.648. The molecule has 2 nitrogen and oxygen atoms in total. The fourth-order valence-corrected chi connectivity index (χ4v) is 0.784. The average Bonchev–Trinajstić information content (AvgIpc) is 1.92. The van der Waals surface area contributed by atoms with Gasteiger partial charge in [0.05, 0.1) is 0 Å². The minimum absolute atomic E-state index is 0.305. The summed E-state index contributed by atoms with van der Waals surface area (Å²) in [5, 5.41) is 8.42. The average molecular weight is 198 g/mol. The molecule has 0 aliphatic heterocycles. The lowest BCUT2D eigenvalue weighted by molar-refractivity contribution is -0.142. The van der Waals surface area contributed by atoms with Crippen LogP contribution in [-0.2, 0) is 6.18 Å². The van der Waals surface area contributed by atoms with E-state index < -0.39 is 17.6 Å². The summed E-state index contributed by atoms with van der Waals surface area (Å²) in [6.07, 6.45) is -4.67. The highest BCUT2D eigenvalue weighted by Crippen LogP contribution is 2.34. The summed E-state index contributed by atoms with van der Waals surface area (Å²) < 4.78 is 35.8. The first-order valence-electron chi connectivity index (χ1n) is 2.84. The van der Waals surface area contributed by atoms with Gasteiger partial charge in [0.1, 0.15) is 10.9 Å². The Morgan fingerprint density at radius 1 is 1.33 bits per heavy atom. The topological polar surface area (TPSA) is 33.1 Å². The zero-order chi connectivity index (χ0) is 9.35. The van der Waals surface area contributed by atoms with Crippen molar-refractivity contribution in [3.63, 3.8) is 0 Å². The third kappa shape index (κ3) is 1.79. The van der Waals surface area contributed by atoms with E-state index in [1.807, 2.05) is 0 Å². The van der Waals surface area contributed by atoms with Gasteiger partial charge in [0.2, 0.25) is 0 Å². The molecule has 0 fully saturated rings. The molecule has 66 valence electrons. The first-order chi connectivity index (χ1) is 5.41. The molecule has 0 aliphatic carbocycles. The predicted octanol–water partition coefficient (Wildman–Crippen LogP) is 2.46. The van der Waals surface area contributed by atoms with Crippen molar-refractivity contribution in [3.05, 3.63) is 23.0 Å². The number of hydrogen-bond acceptors (Lipinski definition) is 2. The van der Waals surface area contributed by atoms with Crippen molar-refractivity contribution < 1.29 is 18.3 Å². The predicted molar refractivity (Wildman–Crippen MR) is 35.9 cm³/mol. The summed E-state index contributed by atoms with van der Waals surface area (Å²) in [7, 11) is 0. The minimum Gasteiger partial charge on any atom is -0.506 e. The molecule has 0 atom stereocenters. The molecule has 0 saturated heterocycles. The largest absolute Gasteiger partial charge is 0.506 e. The number of alkyl halides is 3. The standard InChI is InChI=1S/C6H3ClF3NO/c7-4-2-1-3(12)5(11-4)6(8,9)10/h1-2,12H. The maximum Gasteiger partial charge on any atom is 0.437 e. The molecular weight excluding hydrogens is 195 g/mol. The molecular formula is C6H3ClF3NO. The van der Waals surface area contributed by atoms with E-state index in [2.05, 4.69) is 4.98 Å². The highest BCUT2D eigenvalue weighted by molar-refractivity contribution is 6.29. The van der Waals surface area contributed by atoms with Crippen LogP contribution in [0.4, 0.5) is 13.2 Å². The van der Waals surface area contributed by atoms with Gasteiger partial charge in [-0.2, -0.15) is 13.2 Å². The van der Waals surface area contributed by atoms with E-state index in [-0.39, 0.29) is 5.15 Å². The third-order valence-electron chi connectivity index (χ3n) is 1.11. The fraction of sp³-hybridized carbons (Fsp3) is 0.167. The number of hydrogen-bond donors (Lipinski definition) is 1. The molecule has 1 aromatic rings. The van der Waals surface area contributed by atoms with E-state index in [1.54, 1.807) is 0 Å². The van der Waals surface area contributed by atoms with E-state index in [0.29, 0.717) is 0 Å². The monoisotopic (exact) mass is 197 g/mol. The van der Waals surface area contributed by atoms with Gasteiger partial charge in [0, 0.05) is 0 Å². The van der Waals surface area contributed by atoms with Crippen molar-refractivity contribution in [2.24, 2.45) is 0 Å². The van der Waals surface area contributed by atoms with Crippen LogP contribution in [0.5, 0.6) is 5.75 Å². The second-order valence-electron chi connectivity index (χ2n) is 2.00. The van der Waals surface area contributed by atoms with Crippen molar-refractivity contribution in [2.45, 2.75) is 6.18 Å². The molecule has 0 aromatic carbocycles. The first kappa shape index (κ1) is 9.12. The molecule has 0 unspecified atom stereocenters. The Hall–Kier alpha value is -0.970. The lowest BCUT2D eigenvalue weighted by Gasteiger charge is -2.06. The zero-order valence-corrected chi connectivity index (χ0v) is 6.32. The Morgan fingerprint density at radius 3 is 2.33 bits per heavy atom. The Bertz CT molecular complexity index is 299. The lowest BCUT2D eigenvalue weighted by atomic mass is 10.3. The Kier molecular flexibility index (Phi) is 2.14. The Morgan fingerprint density at radius 2 is 1.92 bits per heavy atom. The van der Waals surface area contributed by atoms with Gasteiger partial charge >= 0.3 is 6.18 Å². The van der Waals surface area contributed by atoms with E-state index in [0.717, 1.165) is 12.1 Å². The molecule has 0 spiro atoms. The molecule has 0 amide bonds. The number of pyridine rings is 1. The smallest absolute Gasteiger partial charge is 0.437 e. The van der Waals surface area contributed by atoms with Gasteiger partial charge in [-0.15, -0.1) is 0 Å². The van der Waals surface area contributed by atoms with Crippen molar-refractivity contribution in [3.8, 4) is 5.75 Å². The molecule has 1 aromatic heterocycles. The molecule has 1 N–H and O–H groups in total. The molecule has 1 rings (SSSR count). The number of rotatable bonds is 0. The van der Waals surface area contributed by atoms with Crippen LogP contribution in [0.15, 0.2) is 12.1 Å². The van der Waals surface area contributed by atoms with E-state index in [9.17, 15) is 13.2 Å². The lowest BCUT2D eigenvalue weighted by Crippen LogP contribution is -2.07. The van der Waals surface area contributed by atoms with Crippen LogP contribution < -0.4 is 0 Å². The normalized spacial score (nSPS) is 11.7. The Labute approximate surface area is 70.6 Å². The van der Waals surface area contributed by atoms with Crippen LogP contribution in [0, 0.1) is 0 Å². The van der Waals surface area contributed by atoms with Crippen LogP contribution in [0.25, 0.3) is 0 Å². The van der Waals surface area contributed by atoms with Crippen molar-refractivity contribution in [1.29, 1.82) is 0 Å². The van der Waals surface area contributed by atoms with Gasteiger partial charge in [-0.3, -0.25) is 0 Å². The van der Waals surface area contributed by atoms with Gasteiger partial charge in [-0.1, -0.05) is 11.6 Å². The fourth-order valence-electron chi connectivity index (χ4n) is 0.637. The summed E-state index contributed by atoms with van der Waals surface area (Å²) in [5.41, 5.74) is -1.37. The summed E-state index contributed by atoms with van der Waals surface area (Å²) in [4.78, 5) is 2.93. The maximum atomic E-state index is 11.9. The number of nitrogens with zero attached hydrogens (tertiary/aromatic N) is 1. The van der Waals surface area contributed by atoms with Crippen molar-refractivity contribution in [1.82, 2.24) is 4.98 Å². The van der Waals surface area contributed by atoms with Gasteiger partial charge in [0.25, 0.3) is 0 Å². The summed E-state index contributed by atoms with van der Waals surface area (Å²) >= 11 is 5.20. The van der Waals surface area contributed by atoms with E-state index in [1.165, 1.54) is 0 Å². The molecule has 12 heavy (non-hydrogen) atoms. The second-order valence-corrected chi connectivity index (χ2v) is 2.39. The SMILES string of the molecule is Oc1ccc(Cl)nc1C(F)(F)F. The third-order valence-corrected chi connectivity index (χ3v) is 1.32. The molecule has 0 bridgehead atoms. The van der Waals surface area contributed by atoms with Crippen LogP contribution >= 0.6 is 11.6 Å². The van der Waals surface area contributed by atoms with Gasteiger partial charge in [0.15, 0.2) is 5.69 Å². The highest BCUT2D eigenvalue weighted by atomic mass is 35.5. The summed E-state index contributed by atoms with van der Waals surface area (Å²) in [6.45, 7) is 0. The number of aromatic hydroxyl groups is 1. The number of aromatic nitrogens is 1. The molecule has 1 heterocycles. The molecule has 0 radical (unpaired) electrons. The van der Waals surface area contributed by atoms with Gasteiger partial charge in [-0.05, 0) is 12.1 Å². The van der Waals surface area contributed by atoms with Gasteiger partial charge in [-0.25, -0.2) is 4.98 Å². The van der Waals surface area contributed by atoms with E-state index in [4.69, 9.17) is 16.7 Å². The van der Waals surface area contributed by atoms with Crippen molar-refractivity contribution >= 4 is 11.6 Å². The van der Waals surface area contributed by atoms with Crippen LogP contribution in [0.2, 0.25) is 5.15 Å². The zero-order valence-electron chi connectivity index (χ0n) is 5.56. The van der Waals surface area contributed by atoms with Gasteiger partial charge < -0.3 is 5.11 Å². The first-order valence-corrected chi connectivity index (χ1v) is 3.22. The van der Waals surface area contributed by atoms with Crippen LogP contribution in [-0.4, -0.2) is 10.1 Å². The maximum absolute atomic E-state index is 11.9. The van der Waals surface area contributed by atoms with Crippen molar-refractivity contribution in [2.75, 3.05) is 0 Å². The van der Waals surface area contributed by atoms with E-state index >= 15 is 0 Å². The minimum atomic E-state index is -4.67.